The molecule has 0 atom stereocenters. The topological polar surface area (TPSA) is 59.6 Å². The molecule has 0 saturated carbocycles. The van der Waals surface area contributed by atoms with Crippen LogP contribution in [-0.4, -0.2) is 26.1 Å². The number of halogens is 2. The number of benzene rings is 1. The van der Waals surface area contributed by atoms with Crippen LogP contribution in [0.3, 0.4) is 0 Å². The summed E-state index contributed by atoms with van der Waals surface area (Å²) in [6.07, 6.45) is 0. The predicted octanol–water partition coefficient (Wildman–Crippen LogP) is 1.44. The summed E-state index contributed by atoms with van der Waals surface area (Å²) >= 11 is 3.31. The number of nitrogens with zero attached hydrogens (tertiary/aromatic N) is 1. The fraction of sp³-hybridized carbons (Fsp3) is 0.300. The molecule has 0 heterocycles. The van der Waals surface area contributed by atoms with Gasteiger partial charge < -0.3 is 10.2 Å². The van der Waals surface area contributed by atoms with Gasteiger partial charge in [0, 0.05) is 17.1 Å². The molecule has 0 aromatic heterocycles. The number of rotatable bonds is 4. The molecule has 0 fully saturated rings. The number of ether oxygens (including phenoxy) is 1. The molecular weight excluding hydrogens is 277 g/mol. The van der Waals surface area contributed by atoms with Crippen molar-refractivity contribution in [2.45, 2.75) is 0 Å². The molecule has 16 heavy (non-hydrogen) atoms. The summed E-state index contributed by atoms with van der Waals surface area (Å²) in [6.45, 7) is 0.942. The van der Waals surface area contributed by atoms with Crippen LogP contribution in [0.4, 0.5) is 4.39 Å². The number of nitrogens with one attached hydrogen (secondary N) is 1. The molecule has 4 nitrogen and oxygen atoms in total. The Labute approximate surface area is 102 Å². The first-order valence-electron chi connectivity index (χ1n) is 4.64. The highest BCUT2D eigenvalue weighted by Crippen LogP contribution is 2.17. The fourth-order valence-corrected chi connectivity index (χ4v) is 1.57. The van der Waals surface area contributed by atoms with Crippen molar-refractivity contribution in [2.24, 2.45) is 10.8 Å². The zero-order valence-electron chi connectivity index (χ0n) is 8.84. The SMILES string of the molecule is COCCN=C(NN)c1cc(F)ccc1Br. The van der Waals surface area contributed by atoms with Gasteiger partial charge in [0.05, 0.1) is 13.2 Å². The Morgan fingerprint density at radius 2 is 2.38 bits per heavy atom. The first-order chi connectivity index (χ1) is 7.69. The fourth-order valence-electron chi connectivity index (χ4n) is 1.14. The highest BCUT2D eigenvalue weighted by molar-refractivity contribution is 9.10. The molecule has 6 heteroatoms. The van der Waals surface area contributed by atoms with E-state index < -0.39 is 0 Å². The van der Waals surface area contributed by atoms with Crippen LogP contribution in [0.1, 0.15) is 5.56 Å². The lowest BCUT2D eigenvalue weighted by atomic mass is 10.2. The van der Waals surface area contributed by atoms with Crippen LogP contribution in [0.2, 0.25) is 0 Å². The minimum Gasteiger partial charge on any atom is -0.383 e. The highest BCUT2D eigenvalue weighted by atomic mass is 79.9. The molecule has 0 spiro atoms. The third-order valence-corrected chi connectivity index (χ3v) is 2.58. The molecule has 0 aliphatic heterocycles. The molecular formula is C10H13BrFN3O. The molecule has 1 aromatic rings. The van der Waals surface area contributed by atoms with E-state index in [1.54, 1.807) is 13.2 Å². The molecule has 0 aliphatic rings. The molecule has 0 bridgehead atoms. The number of nitrogens with two attached hydrogens (primary N) is 1. The highest BCUT2D eigenvalue weighted by Gasteiger charge is 2.07. The Balaban J connectivity index is 2.94. The maximum absolute atomic E-state index is 13.1. The third kappa shape index (κ3) is 3.55. The van der Waals surface area contributed by atoms with E-state index in [2.05, 4.69) is 26.3 Å². The van der Waals surface area contributed by atoms with Crippen molar-refractivity contribution in [1.82, 2.24) is 5.43 Å². The van der Waals surface area contributed by atoms with Crippen molar-refractivity contribution in [3.05, 3.63) is 34.1 Å². The zero-order chi connectivity index (χ0) is 12.0. The Kier molecular flexibility index (Phi) is 5.37. The number of amidine groups is 1. The standard InChI is InChI=1S/C10H13BrFN3O/c1-16-5-4-14-10(15-13)8-6-7(12)2-3-9(8)11/h2-3,6H,4-5,13H2,1H3,(H,14,15). The van der Waals surface area contributed by atoms with E-state index in [0.29, 0.717) is 24.6 Å². The van der Waals surface area contributed by atoms with Gasteiger partial charge in [-0.3, -0.25) is 4.99 Å². The van der Waals surface area contributed by atoms with Gasteiger partial charge in [0.2, 0.25) is 0 Å². The zero-order valence-corrected chi connectivity index (χ0v) is 10.4. The second kappa shape index (κ2) is 6.57. The van der Waals surface area contributed by atoms with Gasteiger partial charge >= 0.3 is 0 Å². The lowest BCUT2D eigenvalue weighted by molar-refractivity contribution is 0.208. The van der Waals surface area contributed by atoms with Crippen LogP contribution in [-0.2, 0) is 4.74 Å². The smallest absolute Gasteiger partial charge is 0.143 e. The maximum Gasteiger partial charge on any atom is 0.143 e. The number of hydrogen-bond donors (Lipinski definition) is 2. The van der Waals surface area contributed by atoms with Crippen LogP contribution in [0.5, 0.6) is 0 Å². The average Bonchev–Trinajstić information content (AvgIpc) is 2.28. The second-order valence-electron chi connectivity index (χ2n) is 2.99. The van der Waals surface area contributed by atoms with Crippen molar-refractivity contribution in [1.29, 1.82) is 0 Å². The van der Waals surface area contributed by atoms with Crippen molar-refractivity contribution in [3.8, 4) is 0 Å². The number of aliphatic imine (C=N–C) groups is 1. The molecule has 0 saturated heterocycles. The van der Waals surface area contributed by atoms with E-state index in [1.807, 2.05) is 0 Å². The van der Waals surface area contributed by atoms with Crippen LogP contribution in [0.15, 0.2) is 27.7 Å². The minimum absolute atomic E-state index is 0.340. The summed E-state index contributed by atoms with van der Waals surface area (Å²) < 4.78 is 18.7. The first-order valence-corrected chi connectivity index (χ1v) is 5.43. The van der Waals surface area contributed by atoms with E-state index >= 15 is 0 Å². The number of hydrogen-bond acceptors (Lipinski definition) is 3. The van der Waals surface area contributed by atoms with E-state index in [-0.39, 0.29) is 5.82 Å². The summed E-state index contributed by atoms with van der Waals surface area (Å²) in [5.41, 5.74) is 3.03. The number of methoxy groups -OCH3 is 1. The summed E-state index contributed by atoms with van der Waals surface area (Å²) in [7, 11) is 1.59. The van der Waals surface area contributed by atoms with Crippen molar-refractivity contribution < 1.29 is 9.13 Å². The molecule has 1 aromatic carbocycles. The van der Waals surface area contributed by atoms with E-state index in [9.17, 15) is 4.39 Å². The van der Waals surface area contributed by atoms with Crippen LogP contribution >= 0.6 is 15.9 Å². The van der Waals surface area contributed by atoms with Crippen molar-refractivity contribution in [2.75, 3.05) is 20.3 Å². The average molecular weight is 290 g/mol. The molecule has 0 unspecified atom stereocenters. The molecule has 0 radical (unpaired) electrons. The summed E-state index contributed by atoms with van der Waals surface area (Å²) in [5.74, 6) is 5.42. The Bertz CT molecular complexity index is 384. The minimum atomic E-state index is -0.340. The van der Waals surface area contributed by atoms with Gasteiger partial charge in [0.25, 0.3) is 0 Å². The van der Waals surface area contributed by atoms with Crippen LogP contribution in [0, 0.1) is 5.82 Å². The Morgan fingerprint density at radius 1 is 1.62 bits per heavy atom. The van der Waals surface area contributed by atoms with E-state index in [4.69, 9.17) is 10.6 Å². The van der Waals surface area contributed by atoms with E-state index in [1.165, 1.54) is 12.1 Å². The predicted molar refractivity (Wildman–Crippen MR) is 64.7 cm³/mol. The largest absolute Gasteiger partial charge is 0.383 e. The van der Waals surface area contributed by atoms with Crippen molar-refractivity contribution in [3.63, 3.8) is 0 Å². The van der Waals surface area contributed by atoms with Gasteiger partial charge in [0.1, 0.15) is 11.7 Å². The molecule has 0 amide bonds. The normalized spacial score (nSPS) is 11.6. The van der Waals surface area contributed by atoms with E-state index in [0.717, 1.165) is 4.47 Å². The Hall–Kier alpha value is -0.980. The van der Waals surface area contributed by atoms with Gasteiger partial charge in [-0.25, -0.2) is 10.2 Å². The van der Waals surface area contributed by atoms with Gasteiger partial charge in [0.15, 0.2) is 0 Å². The summed E-state index contributed by atoms with van der Waals surface area (Å²) in [4.78, 5) is 4.16. The Morgan fingerprint density at radius 3 is 3.00 bits per heavy atom. The lowest BCUT2D eigenvalue weighted by Crippen LogP contribution is -2.32. The summed E-state index contributed by atoms with van der Waals surface area (Å²) in [6, 6.07) is 4.32. The number of hydrazine groups is 1. The monoisotopic (exact) mass is 289 g/mol. The van der Waals surface area contributed by atoms with Crippen LogP contribution in [0.25, 0.3) is 0 Å². The van der Waals surface area contributed by atoms with Gasteiger partial charge in [-0.1, -0.05) is 15.9 Å². The molecule has 0 aliphatic carbocycles. The van der Waals surface area contributed by atoms with Crippen molar-refractivity contribution >= 4 is 21.8 Å². The molecule has 3 N–H and O–H groups in total. The van der Waals surface area contributed by atoms with Gasteiger partial charge in [-0.05, 0) is 18.2 Å². The van der Waals surface area contributed by atoms with Crippen LogP contribution < -0.4 is 11.3 Å². The van der Waals surface area contributed by atoms with Gasteiger partial charge in [-0.2, -0.15) is 0 Å². The van der Waals surface area contributed by atoms with Gasteiger partial charge in [-0.15, -0.1) is 0 Å². The quantitative estimate of drug-likeness (QED) is 0.290. The lowest BCUT2D eigenvalue weighted by Gasteiger charge is -2.08. The first kappa shape index (κ1) is 13.1. The third-order valence-electron chi connectivity index (χ3n) is 1.89. The maximum atomic E-state index is 13.1. The second-order valence-corrected chi connectivity index (χ2v) is 3.85. The summed E-state index contributed by atoms with van der Waals surface area (Å²) in [5, 5.41) is 0. The molecule has 1 rings (SSSR count). The molecule has 88 valence electrons.